The topological polar surface area (TPSA) is 63.3 Å². The Labute approximate surface area is 98.6 Å². The second kappa shape index (κ2) is 4.82. The zero-order valence-electron chi connectivity index (χ0n) is 9.51. The smallest absolute Gasteiger partial charge is 0.327 e. The molecule has 0 aliphatic rings. The minimum Gasteiger partial charge on any atom is -0.478 e. The van der Waals surface area contributed by atoms with E-state index in [-0.39, 0.29) is 0 Å². The molecule has 0 bridgehead atoms. The molecule has 0 amide bonds. The summed E-state index contributed by atoms with van der Waals surface area (Å²) in [5.74, 6) is -0.254. The number of oxazole rings is 1. The fourth-order valence-electron chi connectivity index (χ4n) is 1.68. The van der Waals surface area contributed by atoms with Gasteiger partial charge < -0.3 is 9.52 Å². The van der Waals surface area contributed by atoms with Crippen LogP contribution in [0.15, 0.2) is 34.8 Å². The van der Waals surface area contributed by atoms with E-state index in [4.69, 9.17) is 9.52 Å². The first kappa shape index (κ1) is 11.4. The second-order valence-corrected chi connectivity index (χ2v) is 3.81. The standard InChI is InChI=1S/C13H13NO3/c1-9-14-11-8-10(6-7-12(11)17-9)4-2-3-5-13(15)16/h3,5-8H,2,4H2,1H3,(H,15,16)/b5-3+. The van der Waals surface area contributed by atoms with E-state index in [1.807, 2.05) is 25.1 Å². The van der Waals surface area contributed by atoms with Gasteiger partial charge in [-0.2, -0.15) is 0 Å². The Morgan fingerprint density at radius 1 is 1.53 bits per heavy atom. The normalized spacial score (nSPS) is 11.4. The molecular formula is C13H13NO3. The van der Waals surface area contributed by atoms with Crippen molar-refractivity contribution in [2.75, 3.05) is 0 Å². The first-order chi connectivity index (χ1) is 8.15. The molecule has 2 rings (SSSR count). The number of benzene rings is 1. The van der Waals surface area contributed by atoms with Crippen molar-refractivity contribution in [2.24, 2.45) is 0 Å². The number of aryl methyl sites for hydroxylation is 2. The lowest BCUT2D eigenvalue weighted by Gasteiger charge is -1.96. The molecule has 0 aliphatic heterocycles. The Morgan fingerprint density at radius 3 is 3.12 bits per heavy atom. The predicted molar refractivity (Wildman–Crippen MR) is 63.8 cm³/mol. The molecule has 0 fully saturated rings. The molecular weight excluding hydrogens is 218 g/mol. The molecule has 88 valence electrons. The summed E-state index contributed by atoms with van der Waals surface area (Å²) in [6.45, 7) is 1.81. The third-order valence-electron chi connectivity index (χ3n) is 2.42. The highest BCUT2D eigenvalue weighted by Gasteiger charge is 2.02. The van der Waals surface area contributed by atoms with Crippen LogP contribution < -0.4 is 0 Å². The number of carbonyl (C=O) groups is 1. The molecule has 0 saturated carbocycles. The van der Waals surface area contributed by atoms with Gasteiger partial charge in [-0.15, -0.1) is 0 Å². The van der Waals surface area contributed by atoms with Gasteiger partial charge in [-0.3, -0.25) is 0 Å². The highest BCUT2D eigenvalue weighted by atomic mass is 16.4. The number of carboxylic acids is 1. The number of hydrogen-bond donors (Lipinski definition) is 1. The summed E-state index contributed by atoms with van der Waals surface area (Å²) in [4.78, 5) is 14.5. The first-order valence-corrected chi connectivity index (χ1v) is 5.41. The summed E-state index contributed by atoms with van der Waals surface area (Å²) in [5.41, 5.74) is 2.76. The first-order valence-electron chi connectivity index (χ1n) is 5.41. The average Bonchev–Trinajstić information content (AvgIpc) is 2.63. The largest absolute Gasteiger partial charge is 0.478 e. The zero-order valence-corrected chi connectivity index (χ0v) is 9.51. The summed E-state index contributed by atoms with van der Waals surface area (Å²) < 4.78 is 5.38. The molecule has 4 heteroatoms. The predicted octanol–water partition coefficient (Wildman–Crippen LogP) is 2.71. The third-order valence-corrected chi connectivity index (χ3v) is 2.42. The van der Waals surface area contributed by atoms with Crippen molar-refractivity contribution < 1.29 is 14.3 Å². The number of carboxylic acid groups (broad SMARTS) is 1. The van der Waals surface area contributed by atoms with E-state index < -0.39 is 5.97 Å². The number of nitrogens with zero attached hydrogens (tertiary/aromatic N) is 1. The molecule has 1 N–H and O–H groups in total. The number of allylic oxidation sites excluding steroid dienone is 1. The lowest BCUT2D eigenvalue weighted by Crippen LogP contribution is -1.87. The summed E-state index contributed by atoms with van der Waals surface area (Å²) in [5, 5.41) is 8.45. The van der Waals surface area contributed by atoms with Crippen molar-refractivity contribution in [2.45, 2.75) is 19.8 Å². The maximum Gasteiger partial charge on any atom is 0.327 e. The highest BCUT2D eigenvalue weighted by Crippen LogP contribution is 2.17. The van der Waals surface area contributed by atoms with Gasteiger partial charge in [0.15, 0.2) is 11.5 Å². The van der Waals surface area contributed by atoms with Gasteiger partial charge in [-0.25, -0.2) is 9.78 Å². The SMILES string of the molecule is Cc1nc2cc(CC/C=C/C(=O)O)ccc2o1. The van der Waals surface area contributed by atoms with Gasteiger partial charge in [-0.1, -0.05) is 12.1 Å². The van der Waals surface area contributed by atoms with Crippen LogP contribution in [0.4, 0.5) is 0 Å². The van der Waals surface area contributed by atoms with Crippen molar-refractivity contribution in [3.05, 3.63) is 41.8 Å². The van der Waals surface area contributed by atoms with Crippen LogP contribution in [0.3, 0.4) is 0 Å². The van der Waals surface area contributed by atoms with Gasteiger partial charge in [0.1, 0.15) is 5.52 Å². The van der Waals surface area contributed by atoms with Crippen molar-refractivity contribution in [1.82, 2.24) is 4.98 Å². The Kier molecular flexibility index (Phi) is 3.23. The lowest BCUT2D eigenvalue weighted by molar-refractivity contribution is -0.131. The maximum atomic E-state index is 10.3. The Hall–Kier alpha value is -2.10. The molecule has 0 spiro atoms. The van der Waals surface area contributed by atoms with Crippen LogP contribution in [0.1, 0.15) is 17.9 Å². The molecule has 2 aromatic rings. The molecule has 1 aromatic carbocycles. The van der Waals surface area contributed by atoms with E-state index in [0.29, 0.717) is 12.3 Å². The van der Waals surface area contributed by atoms with Crippen LogP contribution in [0.5, 0.6) is 0 Å². The molecule has 1 aromatic heterocycles. The number of aliphatic carboxylic acids is 1. The molecule has 17 heavy (non-hydrogen) atoms. The van der Waals surface area contributed by atoms with E-state index in [1.54, 1.807) is 6.08 Å². The number of aromatic nitrogens is 1. The molecule has 0 saturated heterocycles. The van der Waals surface area contributed by atoms with Crippen LogP contribution in [-0.2, 0) is 11.2 Å². The minimum atomic E-state index is -0.910. The van der Waals surface area contributed by atoms with Gasteiger partial charge in [0.05, 0.1) is 0 Å². The fourth-order valence-corrected chi connectivity index (χ4v) is 1.68. The van der Waals surface area contributed by atoms with Gasteiger partial charge in [0.25, 0.3) is 0 Å². The molecule has 0 atom stereocenters. The van der Waals surface area contributed by atoms with Crippen LogP contribution in [-0.4, -0.2) is 16.1 Å². The number of hydrogen-bond acceptors (Lipinski definition) is 3. The summed E-state index contributed by atoms with van der Waals surface area (Å²) in [6, 6.07) is 5.84. The van der Waals surface area contributed by atoms with Crippen LogP contribution >= 0.6 is 0 Å². The quantitative estimate of drug-likeness (QED) is 0.822. The molecule has 0 radical (unpaired) electrons. The Morgan fingerprint density at radius 2 is 2.35 bits per heavy atom. The van der Waals surface area contributed by atoms with Gasteiger partial charge in [0, 0.05) is 13.0 Å². The van der Waals surface area contributed by atoms with Gasteiger partial charge in [0.2, 0.25) is 0 Å². The maximum absolute atomic E-state index is 10.3. The molecule has 1 heterocycles. The van der Waals surface area contributed by atoms with Gasteiger partial charge in [-0.05, 0) is 30.5 Å². The second-order valence-electron chi connectivity index (χ2n) is 3.81. The Bertz CT molecular complexity index is 569. The summed E-state index contributed by atoms with van der Waals surface area (Å²) >= 11 is 0. The van der Waals surface area contributed by atoms with Crippen molar-refractivity contribution in [3.8, 4) is 0 Å². The van der Waals surface area contributed by atoms with E-state index in [9.17, 15) is 4.79 Å². The van der Waals surface area contributed by atoms with Crippen molar-refractivity contribution in [1.29, 1.82) is 0 Å². The van der Waals surface area contributed by atoms with E-state index in [1.165, 1.54) is 6.08 Å². The average molecular weight is 231 g/mol. The fraction of sp³-hybridized carbons (Fsp3) is 0.231. The van der Waals surface area contributed by atoms with Crippen LogP contribution in [0.2, 0.25) is 0 Å². The number of rotatable bonds is 4. The van der Waals surface area contributed by atoms with E-state index in [0.717, 1.165) is 23.1 Å². The van der Waals surface area contributed by atoms with E-state index in [2.05, 4.69) is 4.98 Å². The van der Waals surface area contributed by atoms with Crippen LogP contribution in [0.25, 0.3) is 11.1 Å². The third kappa shape index (κ3) is 2.93. The number of fused-ring (bicyclic) bond motifs is 1. The summed E-state index contributed by atoms with van der Waals surface area (Å²) in [6.07, 6.45) is 4.32. The van der Waals surface area contributed by atoms with Crippen molar-refractivity contribution >= 4 is 17.1 Å². The molecule has 0 unspecified atom stereocenters. The molecule has 0 aliphatic carbocycles. The Balaban J connectivity index is 2.06. The highest BCUT2D eigenvalue weighted by molar-refractivity contribution is 5.79. The van der Waals surface area contributed by atoms with Gasteiger partial charge >= 0.3 is 5.97 Å². The van der Waals surface area contributed by atoms with E-state index >= 15 is 0 Å². The minimum absolute atomic E-state index is 0.655. The van der Waals surface area contributed by atoms with Crippen molar-refractivity contribution in [3.63, 3.8) is 0 Å². The monoisotopic (exact) mass is 231 g/mol. The summed E-state index contributed by atoms with van der Waals surface area (Å²) in [7, 11) is 0. The van der Waals surface area contributed by atoms with Crippen LogP contribution in [0, 0.1) is 6.92 Å². The zero-order chi connectivity index (χ0) is 12.3. The molecule has 4 nitrogen and oxygen atoms in total. The lowest BCUT2D eigenvalue weighted by atomic mass is 10.1.